The monoisotopic (exact) mass is 362 g/mol. The minimum Gasteiger partial charge on any atom is -0.324 e. The lowest BCUT2D eigenvalue weighted by Crippen LogP contribution is -2.01. The van der Waals surface area contributed by atoms with E-state index in [1.807, 2.05) is 12.1 Å². The second kappa shape index (κ2) is 7.57. The predicted octanol–water partition coefficient (Wildman–Crippen LogP) is 4.55. The number of Topliss-reactive ketones (excluding diaryl/α,β-unsaturated/α-hetero) is 1. The number of nitrogens with zero attached hydrogens (tertiary/aromatic N) is 3. The van der Waals surface area contributed by atoms with Gasteiger partial charge in [0.1, 0.15) is 5.82 Å². The highest BCUT2D eigenvalue weighted by atomic mass is 16.1. The van der Waals surface area contributed by atoms with Crippen molar-refractivity contribution in [3.05, 3.63) is 53.9 Å². The summed E-state index contributed by atoms with van der Waals surface area (Å²) in [5.41, 5.74) is 2.68. The summed E-state index contributed by atoms with van der Waals surface area (Å²) in [7, 11) is 0. The summed E-state index contributed by atoms with van der Waals surface area (Å²) in [5, 5.41) is 13.8. The number of aromatic nitrogens is 4. The molecule has 138 valence electrons. The number of ketones is 1. The van der Waals surface area contributed by atoms with Crippen LogP contribution >= 0.6 is 0 Å². The Bertz CT molecular complexity index is 928. The van der Waals surface area contributed by atoms with Crippen LogP contribution in [0, 0.1) is 0 Å². The van der Waals surface area contributed by atoms with Crippen LogP contribution in [0.25, 0.3) is 0 Å². The van der Waals surface area contributed by atoms with Crippen LogP contribution in [0.1, 0.15) is 54.6 Å². The van der Waals surface area contributed by atoms with Gasteiger partial charge in [0.05, 0.1) is 0 Å². The summed E-state index contributed by atoms with van der Waals surface area (Å²) < 4.78 is 0. The molecule has 0 unspecified atom stereocenters. The van der Waals surface area contributed by atoms with E-state index in [0.29, 0.717) is 23.2 Å². The average molecular weight is 362 g/mol. The van der Waals surface area contributed by atoms with Crippen LogP contribution in [-0.4, -0.2) is 25.9 Å². The van der Waals surface area contributed by atoms with Gasteiger partial charge in [0, 0.05) is 35.1 Å². The van der Waals surface area contributed by atoms with Crippen molar-refractivity contribution in [3.8, 4) is 0 Å². The van der Waals surface area contributed by atoms with E-state index in [0.717, 1.165) is 11.5 Å². The van der Waals surface area contributed by atoms with E-state index in [4.69, 9.17) is 0 Å². The van der Waals surface area contributed by atoms with Gasteiger partial charge in [-0.1, -0.05) is 12.8 Å². The van der Waals surface area contributed by atoms with Crippen molar-refractivity contribution in [1.29, 1.82) is 0 Å². The minimum absolute atomic E-state index is 0.0416. The lowest BCUT2D eigenvalue weighted by molar-refractivity contribution is 0.101. The lowest BCUT2D eigenvalue weighted by atomic mass is 10.0. The van der Waals surface area contributed by atoms with E-state index >= 15 is 0 Å². The summed E-state index contributed by atoms with van der Waals surface area (Å²) >= 11 is 0. The SMILES string of the molecule is CC(=O)c1ccc(Nc2nccc(Nc3cc(C4CCCC4)[nH]n3)n2)cc1. The fraction of sp³-hybridized carbons (Fsp3) is 0.300. The molecule has 0 radical (unpaired) electrons. The van der Waals surface area contributed by atoms with Crippen molar-refractivity contribution in [1.82, 2.24) is 20.2 Å². The van der Waals surface area contributed by atoms with Gasteiger partial charge >= 0.3 is 0 Å². The molecular formula is C20H22N6O. The van der Waals surface area contributed by atoms with Crippen molar-refractivity contribution in [2.24, 2.45) is 0 Å². The zero-order chi connectivity index (χ0) is 18.6. The topological polar surface area (TPSA) is 95.6 Å². The van der Waals surface area contributed by atoms with E-state index in [-0.39, 0.29) is 5.78 Å². The van der Waals surface area contributed by atoms with Gasteiger partial charge in [0.15, 0.2) is 11.6 Å². The summed E-state index contributed by atoms with van der Waals surface area (Å²) in [6.07, 6.45) is 6.73. The molecule has 7 heteroatoms. The van der Waals surface area contributed by atoms with Gasteiger partial charge in [-0.15, -0.1) is 0 Å². The van der Waals surface area contributed by atoms with Crippen LogP contribution in [0.4, 0.5) is 23.3 Å². The second-order valence-electron chi connectivity index (χ2n) is 6.84. The normalized spacial score (nSPS) is 14.3. The highest BCUT2D eigenvalue weighted by molar-refractivity contribution is 5.94. The van der Waals surface area contributed by atoms with Crippen LogP contribution in [0.15, 0.2) is 42.6 Å². The number of carbonyl (C=O) groups excluding carboxylic acids is 1. The first-order valence-electron chi connectivity index (χ1n) is 9.21. The molecule has 7 nitrogen and oxygen atoms in total. The molecule has 0 amide bonds. The molecule has 1 aliphatic carbocycles. The maximum absolute atomic E-state index is 11.4. The Morgan fingerprint density at radius 2 is 1.85 bits per heavy atom. The molecule has 27 heavy (non-hydrogen) atoms. The highest BCUT2D eigenvalue weighted by Crippen LogP contribution is 2.33. The highest BCUT2D eigenvalue weighted by Gasteiger charge is 2.19. The van der Waals surface area contributed by atoms with Crippen molar-refractivity contribution in [2.75, 3.05) is 10.6 Å². The van der Waals surface area contributed by atoms with Gasteiger partial charge in [0.2, 0.25) is 5.95 Å². The quantitative estimate of drug-likeness (QED) is 0.557. The smallest absolute Gasteiger partial charge is 0.229 e. The number of anilines is 4. The van der Waals surface area contributed by atoms with Crippen molar-refractivity contribution >= 4 is 29.1 Å². The Balaban J connectivity index is 1.43. The van der Waals surface area contributed by atoms with Crippen molar-refractivity contribution < 1.29 is 4.79 Å². The molecule has 1 saturated carbocycles. The molecule has 0 bridgehead atoms. The molecular weight excluding hydrogens is 340 g/mol. The van der Waals surface area contributed by atoms with E-state index in [1.165, 1.54) is 31.4 Å². The molecule has 0 atom stereocenters. The first-order chi connectivity index (χ1) is 13.2. The molecule has 1 fully saturated rings. The van der Waals surface area contributed by atoms with E-state index in [9.17, 15) is 4.79 Å². The summed E-state index contributed by atoms with van der Waals surface area (Å²) in [5.74, 6) is 2.53. The third kappa shape index (κ3) is 4.13. The molecule has 2 heterocycles. The fourth-order valence-corrected chi connectivity index (χ4v) is 3.38. The van der Waals surface area contributed by atoms with E-state index < -0.39 is 0 Å². The Labute approximate surface area is 157 Å². The number of nitrogens with one attached hydrogen (secondary N) is 3. The molecule has 3 aromatic rings. The number of carbonyl (C=O) groups is 1. The maximum Gasteiger partial charge on any atom is 0.229 e. The van der Waals surface area contributed by atoms with Crippen LogP contribution in [0.5, 0.6) is 0 Å². The third-order valence-corrected chi connectivity index (χ3v) is 4.85. The largest absolute Gasteiger partial charge is 0.324 e. The number of hydrogen-bond acceptors (Lipinski definition) is 6. The van der Waals surface area contributed by atoms with Crippen molar-refractivity contribution in [2.45, 2.75) is 38.5 Å². The maximum atomic E-state index is 11.4. The van der Waals surface area contributed by atoms with Crippen LogP contribution < -0.4 is 10.6 Å². The molecule has 2 aromatic heterocycles. The Kier molecular flexibility index (Phi) is 4.82. The standard InChI is InChI=1S/C20H22N6O/c1-13(27)14-6-8-16(9-7-14)22-20-21-11-10-18(24-20)23-19-12-17(25-26-19)15-4-2-3-5-15/h6-12,15H,2-5H2,1H3,(H3,21,22,23,24,25,26). The molecule has 3 N–H and O–H groups in total. The Morgan fingerprint density at radius 1 is 1.07 bits per heavy atom. The molecule has 0 aliphatic heterocycles. The first kappa shape index (κ1) is 17.2. The second-order valence-corrected chi connectivity index (χ2v) is 6.84. The zero-order valence-electron chi connectivity index (χ0n) is 15.2. The molecule has 0 spiro atoms. The van der Waals surface area contributed by atoms with Gasteiger partial charge < -0.3 is 10.6 Å². The van der Waals surface area contributed by atoms with Crippen LogP contribution in [0.2, 0.25) is 0 Å². The first-order valence-corrected chi connectivity index (χ1v) is 9.21. The molecule has 1 aromatic carbocycles. The Hall–Kier alpha value is -3.22. The van der Waals surface area contributed by atoms with E-state index in [2.05, 4.69) is 36.9 Å². The van der Waals surface area contributed by atoms with Crippen LogP contribution in [0.3, 0.4) is 0 Å². The lowest BCUT2D eigenvalue weighted by Gasteiger charge is -2.07. The number of H-pyrrole nitrogens is 1. The van der Waals surface area contributed by atoms with Gasteiger partial charge in [-0.2, -0.15) is 10.1 Å². The third-order valence-electron chi connectivity index (χ3n) is 4.85. The van der Waals surface area contributed by atoms with Gasteiger partial charge in [0.25, 0.3) is 0 Å². The van der Waals surface area contributed by atoms with Gasteiger partial charge in [-0.3, -0.25) is 9.89 Å². The number of rotatable bonds is 6. The molecule has 4 rings (SSSR count). The number of hydrogen-bond donors (Lipinski definition) is 3. The number of benzene rings is 1. The zero-order valence-corrected chi connectivity index (χ0v) is 15.2. The predicted molar refractivity (Wildman–Crippen MR) is 105 cm³/mol. The van der Waals surface area contributed by atoms with E-state index in [1.54, 1.807) is 31.3 Å². The molecule has 1 aliphatic rings. The van der Waals surface area contributed by atoms with Gasteiger partial charge in [-0.25, -0.2) is 4.98 Å². The summed E-state index contributed by atoms with van der Waals surface area (Å²) in [6, 6.07) is 11.1. The van der Waals surface area contributed by atoms with Gasteiger partial charge in [-0.05, 0) is 50.1 Å². The van der Waals surface area contributed by atoms with Crippen LogP contribution in [-0.2, 0) is 0 Å². The number of aromatic amines is 1. The van der Waals surface area contributed by atoms with Crippen molar-refractivity contribution in [3.63, 3.8) is 0 Å². The summed E-state index contributed by atoms with van der Waals surface area (Å²) in [4.78, 5) is 20.1. The average Bonchev–Trinajstić information content (AvgIpc) is 3.34. The fourth-order valence-electron chi connectivity index (χ4n) is 3.38. The molecule has 0 saturated heterocycles. The summed E-state index contributed by atoms with van der Waals surface area (Å²) in [6.45, 7) is 1.55. The Morgan fingerprint density at radius 3 is 2.59 bits per heavy atom. The minimum atomic E-state index is 0.0416.